The highest BCUT2D eigenvalue weighted by atomic mass is 35.5. The third-order valence-corrected chi connectivity index (χ3v) is 3.04. The molecule has 0 aliphatic carbocycles. The van der Waals surface area contributed by atoms with Crippen LogP contribution in [0.15, 0.2) is 48.5 Å². The number of benzene rings is 2. The first-order valence-corrected chi connectivity index (χ1v) is 6.50. The van der Waals surface area contributed by atoms with Gasteiger partial charge in [-0.05, 0) is 35.9 Å². The molecule has 0 atom stereocenters. The van der Waals surface area contributed by atoms with Crippen molar-refractivity contribution < 1.29 is 19.0 Å². The predicted molar refractivity (Wildman–Crippen MR) is 78.9 cm³/mol. The van der Waals surface area contributed by atoms with Crippen LogP contribution < -0.4 is 4.74 Å². The Kier molecular flexibility index (Phi) is 4.95. The van der Waals surface area contributed by atoms with Gasteiger partial charge in [0.15, 0.2) is 0 Å². The second-order valence-electron chi connectivity index (χ2n) is 4.27. The van der Waals surface area contributed by atoms with Crippen LogP contribution in [0.3, 0.4) is 0 Å². The first-order valence-electron chi connectivity index (χ1n) is 6.12. The molecule has 0 saturated heterocycles. The molecule has 2 aromatic carbocycles. The molecule has 0 aromatic heterocycles. The summed E-state index contributed by atoms with van der Waals surface area (Å²) in [4.78, 5) is 10.5. The summed E-state index contributed by atoms with van der Waals surface area (Å²) in [6.07, 6.45) is 2.52. The Labute approximate surface area is 126 Å². The number of hydrogen-bond acceptors (Lipinski definition) is 2. The minimum atomic E-state index is -1.01. The summed E-state index contributed by atoms with van der Waals surface area (Å²) in [6, 6.07) is 11.1. The van der Waals surface area contributed by atoms with Gasteiger partial charge in [0.2, 0.25) is 0 Å². The van der Waals surface area contributed by atoms with Gasteiger partial charge in [0.1, 0.15) is 18.2 Å². The smallest absolute Gasteiger partial charge is 0.328 e. The molecule has 21 heavy (non-hydrogen) atoms. The van der Waals surface area contributed by atoms with Gasteiger partial charge in [-0.15, -0.1) is 0 Å². The number of carbonyl (C=O) groups is 1. The average Bonchev–Trinajstić information content (AvgIpc) is 2.45. The van der Waals surface area contributed by atoms with Gasteiger partial charge in [-0.3, -0.25) is 0 Å². The van der Waals surface area contributed by atoms with Gasteiger partial charge in [0.05, 0.1) is 5.02 Å². The van der Waals surface area contributed by atoms with Crippen LogP contribution in [0, 0.1) is 5.82 Å². The summed E-state index contributed by atoms with van der Waals surface area (Å²) in [5.74, 6) is -0.841. The van der Waals surface area contributed by atoms with E-state index in [-0.39, 0.29) is 6.61 Å². The van der Waals surface area contributed by atoms with E-state index in [0.29, 0.717) is 21.9 Å². The first kappa shape index (κ1) is 15.1. The van der Waals surface area contributed by atoms with Crippen LogP contribution in [-0.2, 0) is 11.4 Å². The molecule has 0 bridgehead atoms. The zero-order chi connectivity index (χ0) is 15.2. The molecule has 0 amide bonds. The van der Waals surface area contributed by atoms with Crippen molar-refractivity contribution >= 4 is 23.6 Å². The Bertz CT molecular complexity index is 683. The predicted octanol–water partition coefficient (Wildman–Crippen LogP) is 4.16. The Morgan fingerprint density at radius 3 is 2.81 bits per heavy atom. The third-order valence-electron chi connectivity index (χ3n) is 2.69. The molecule has 2 aromatic rings. The lowest BCUT2D eigenvalue weighted by Crippen LogP contribution is -1.97. The second-order valence-corrected chi connectivity index (χ2v) is 4.68. The van der Waals surface area contributed by atoms with Crippen molar-refractivity contribution in [1.82, 2.24) is 0 Å². The summed E-state index contributed by atoms with van der Waals surface area (Å²) in [5.41, 5.74) is 1.38. The zero-order valence-corrected chi connectivity index (χ0v) is 11.7. The normalized spacial score (nSPS) is 10.8. The number of hydrogen-bond donors (Lipinski definition) is 1. The van der Waals surface area contributed by atoms with E-state index < -0.39 is 11.8 Å². The van der Waals surface area contributed by atoms with Gasteiger partial charge in [0, 0.05) is 11.6 Å². The number of carboxylic acids is 1. The molecule has 0 saturated carbocycles. The molecule has 0 unspecified atom stereocenters. The Morgan fingerprint density at radius 1 is 1.29 bits per heavy atom. The molecule has 5 heteroatoms. The number of carboxylic acid groups (broad SMARTS) is 1. The maximum absolute atomic E-state index is 12.9. The fraction of sp³-hybridized carbons (Fsp3) is 0.0625. The molecule has 0 fully saturated rings. The SMILES string of the molecule is O=C(O)C=Cc1cccc(OCc2ccc(F)cc2Cl)c1. The lowest BCUT2D eigenvalue weighted by atomic mass is 10.2. The topological polar surface area (TPSA) is 46.5 Å². The Hall–Kier alpha value is -2.33. The van der Waals surface area contributed by atoms with Gasteiger partial charge in [0.25, 0.3) is 0 Å². The molecule has 1 N–H and O–H groups in total. The summed E-state index contributed by atoms with van der Waals surface area (Å²) in [6.45, 7) is 0.200. The van der Waals surface area contributed by atoms with Crippen LogP contribution >= 0.6 is 11.6 Å². The first-order chi connectivity index (χ1) is 10.0. The van der Waals surface area contributed by atoms with E-state index >= 15 is 0 Å². The second kappa shape index (κ2) is 6.90. The fourth-order valence-corrected chi connectivity index (χ4v) is 1.90. The van der Waals surface area contributed by atoms with Crippen molar-refractivity contribution in [1.29, 1.82) is 0 Å². The summed E-state index contributed by atoms with van der Waals surface area (Å²) in [5, 5.41) is 8.89. The minimum Gasteiger partial charge on any atom is -0.489 e. The average molecular weight is 307 g/mol. The van der Waals surface area contributed by atoms with Crippen molar-refractivity contribution in [2.75, 3.05) is 0 Å². The number of ether oxygens (including phenoxy) is 1. The van der Waals surface area contributed by atoms with Crippen LogP contribution in [0.1, 0.15) is 11.1 Å². The fourth-order valence-electron chi connectivity index (χ4n) is 1.68. The highest BCUT2D eigenvalue weighted by molar-refractivity contribution is 6.31. The maximum Gasteiger partial charge on any atom is 0.328 e. The lowest BCUT2D eigenvalue weighted by molar-refractivity contribution is -0.131. The van der Waals surface area contributed by atoms with Gasteiger partial charge in [-0.25, -0.2) is 9.18 Å². The lowest BCUT2D eigenvalue weighted by Gasteiger charge is -2.08. The number of halogens is 2. The standard InChI is InChI=1S/C16H12ClFO3/c17-15-9-13(18)6-5-12(15)10-21-14-3-1-2-11(8-14)4-7-16(19)20/h1-9H,10H2,(H,19,20). The van der Waals surface area contributed by atoms with E-state index in [9.17, 15) is 9.18 Å². The minimum absolute atomic E-state index is 0.200. The maximum atomic E-state index is 12.9. The summed E-state index contributed by atoms with van der Waals surface area (Å²) < 4.78 is 18.5. The molecule has 0 radical (unpaired) electrons. The highest BCUT2D eigenvalue weighted by Crippen LogP contribution is 2.21. The molecule has 2 rings (SSSR count). The van der Waals surface area contributed by atoms with Crippen LogP contribution in [0.4, 0.5) is 4.39 Å². The van der Waals surface area contributed by atoms with Crippen molar-refractivity contribution in [3.63, 3.8) is 0 Å². The van der Waals surface area contributed by atoms with E-state index in [1.807, 2.05) is 0 Å². The summed E-state index contributed by atoms with van der Waals surface area (Å²) >= 11 is 5.92. The molecule has 0 spiro atoms. The van der Waals surface area contributed by atoms with Crippen molar-refractivity contribution in [3.8, 4) is 5.75 Å². The van der Waals surface area contributed by atoms with E-state index in [1.54, 1.807) is 30.3 Å². The Morgan fingerprint density at radius 2 is 2.10 bits per heavy atom. The van der Waals surface area contributed by atoms with E-state index in [1.165, 1.54) is 18.2 Å². The largest absolute Gasteiger partial charge is 0.489 e. The van der Waals surface area contributed by atoms with Crippen molar-refractivity contribution in [2.24, 2.45) is 0 Å². The molecule has 0 aliphatic heterocycles. The van der Waals surface area contributed by atoms with Crippen LogP contribution in [0.5, 0.6) is 5.75 Å². The third kappa shape index (κ3) is 4.61. The molecular formula is C16H12ClFO3. The van der Waals surface area contributed by atoms with Crippen molar-refractivity contribution in [2.45, 2.75) is 6.61 Å². The van der Waals surface area contributed by atoms with Gasteiger partial charge in [-0.1, -0.05) is 29.8 Å². The quantitative estimate of drug-likeness (QED) is 0.844. The van der Waals surface area contributed by atoms with Gasteiger partial charge >= 0.3 is 5.97 Å². The Balaban J connectivity index is 2.06. The molecule has 0 aliphatic rings. The van der Waals surface area contributed by atoms with Crippen LogP contribution in [-0.4, -0.2) is 11.1 Å². The van der Waals surface area contributed by atoms with Crippen LogP contribution in [0.2, 0.25) is 5.02 Å². The van der Waals surface area contributed by atoms with E-state index in [0.717, 1.165) is 6.08 Å². The monoisotopic (exact) mass is 306 g/mol. The van der Waals surface area contributed by atoms with E-state index in [4.69, 9.17) is 21.4 Å². The summed E-state index contributed by atoms with van der Waals surface area (Å²) in [7, 11) is 0. The molecule has 3 nitrogen and oxygen atoms in total. The van der Waals surface area contributed by atoms with Gasteiger partial charge < -0.3 is 9.84 Å². The van der Waals surface area contributed by atoms with Gasteiger partial charge in [-0.2, -0.15) is 0 Å². The number of rotatable bonds is 5. The highest BCUT2D eigenvalue weighted by Gasteiger charge is 2.03. The molecule has 0 heterocycles. The number of aliphatic carboxylic acids is 1. The molecule has 108 valence electrons. The zero-order valence-electron chi connectivity index (χ0n) is 10.9. The van der Waals surface area contributed by atoms with E-state index in [2.05, 4.69) is 0 Å². The molecular weight excluding hydrogens is 295 g/mol. The van der Waals surface area contributed by atoms with Crippen molar-refractivity contribution in [3.05, 3.63) is 70.5 Å². The van der Waals surface area contributed by atoms with Crippen LogP contribution in [0.25, 0.3) is 6.08 Å².